The second-order valence-corrected chi connectivity index (χ2v) is 3.14. The van der Waals surface area contributed by atoms with Crippen molar-refractivity contribution in [1.82, 2.24) is 5.43 Å². The Kier molecular flexibility index (Phi) is 4.22. The van der Waals surface area contributed by atoms with Crippen molar-refractivity contribution in [3.63, 3.8) is 0 Å². The van der Waals surface area contributed by atoms with Crippen molar-refractivity contribution in [1.29, 1.82) is 0 Å². The van der Waals surface area contributed by atoms with E-state index in [2.05, 4.69) is 11.3 Å². The molecule has 0 aliphatic carbocycles. The van der Waals surface area contributed by atoms with Crippen LogP contribution in [0.5, 0.6) is 0 Å². The topological polar surface area (TPSA) is 38.0 Å². The van der Waals surface area contributed by atoms with Crippen LogP contribution in [0.4, 0.5) is 8.78 Å². The first kappa shape index (κ1) is 11.6. The van der Waals surface area contributed by atoms with Gasteiger partial charge in [0.25, 0.3) is 0 Å². The van der Waals surface area contributed by atoms with Crippen LogP contribution in [0.15, 0.2) is 18.2 Å². The van der Waals surface area contributed by atoms with E-state index in [0.717, 1.165) is 12.1 Å². The molecule has 1 atom stereocenters. The number of hydrazine groups is 1. The van der Waals surface area contributed by atoms with Gasteiger partial charge in [-0.25, -0.2) is 8.78 Å². The van der Waals surface area contributed by atoms with E-state index in [1.165, 1.54) is 6.07 Å². The van der Waals surface area contributed by atoms with Crippen LogP contribution in [0.2, 0.25) is 0 Å². The summed E-state index contributed by atoms with van der Waals surface area (Å²) in [6, 6.07) is 3.43. The summed E-state index contributed by atoms with van der Waals surface area (Å²) < 4.78 is 25.6. The predicted octanol–water partition coefficient (Wildman–Crippen LogP) is 1.88. The maximum absolute atomic E-state index is 12.9. The van der Waals surface area contributed by atoms with E-state index in [1.807, 2.05) is 0 Å². The normalized spacial score (nSPS) is 12.1. The van der Waals surface area contributed by atoms with Gasteiger partial charge in [0, 0.05) is 12.5 Å². The Labute approximate surface area is 87.4 Å². The third kappa shape index (κ3) is 3.01. The van der Waals surface area contributed by atoms with Gasteiger partial charge >= 0.3 is 0 Å². The molecule has 0 radical (unpaired) electrons. The van der Waals surface area contributed by atoms with Gasteiger partial charge in [-0.15, -0.1) is 12.3 Å². The Morgan fingerprint density at radius 1 is 1.40 bits per heavy atom. The van der Waals surface area contributed by atoms with Crippen LogP contribution in [0.25, 0.3) is 0 Å². The molecule has 0 bridgehead atoms. The standard InChI is InChI=1S/C11H12F2N2/c1-2-3-4-11(15-14)8-5-6-9(12)10(13)7-8/h1,5-7,11,15H,3-4,14H2. The molecule has 1 aromatic rings. The summed E-state index contributed by atoms with van der Waals surface area (Å²) in [6.07, 6.45) is 6.21. The van der Waals surface area contributed by atoms with Crippen LogP contribution >= 0.6 is 0 Å². The minimum Gasteiger partial charge on any atom is -0.271 e. The molecule has 0 aromatic heterocycles. The van der Waals surface area contributed by atoms with Crippen molar-refractivity contribution in [3.05, 3.63) is 35.4 Å². The van der Waals surface area contributed by atoms with Gasteiger partial charge < -0.3 is 0 Å². The average Bonchev–Trinajstić information content (AvgIpc) is 2.24. The molecule has 0 saturated carbocycles. The van der Waals surface area contributed by atoms with E-state index in [-0.39, 0.29) is 6.04 Å². The monoisotopic (exact) mass is 210 g/mol. The molecule has 80 valence electrons. The van der Waals surface area contributed by atoms with Crippen LogP contribution in [0, 0.1) is 24.0 Å². The lowest BCUT2D eigenvalue weighted by Gasteiger charge is -2.14. The van der Waals surface area contributed by atoms with Gasteiger partial charge in [-0.3, -0.25) is 11.3 Å². The van der Waals surface area contributed by atoms with Crippen molar-refractivity contribution in [2.75, 3.05) is 0 Å². The molecule has 1 aromatic carbocycles. The van der Waals surface area contributed by atoms with E-state index in [0.29, 0.717) is 18.4 Å². The van der Waals surface area contributed by atoms with Gasteiger partial charge in [0.05, 0.1) is 0 Å². The summed E-state index contributed by atoms with van der Waals surface area (Å²) in [6.45, 7) is 0. The number of nitrogens with one attached hydrogen (secondary N) is 1. The minimum atomic E-state index is -0.881. The summed E-state index contributed by atoms with van der Waals surface area (Å²) in [5.74, 6) is 6.01. The smallest absolute Gasteiger partial charge is 0.159 e. The molecule has 0 aliphatic heterocycles. The number of terminal acetylenes is 1. The molecule has 15 heavy (non-hydrogen) atoms. The molecule has 1 unspecified atom stereocenters. The van der Waals surface area contributed by atoms with E-state index < -0.39 is 11.6 Å². The molecule has 2 nitrogen and oxygen atoms in total. The van der Waals surface area contributed by atoms with Gasteiger partial charge in [0.1, 0.15) is 0 Å². The summed E-state index contributed by atoms with van der Waals surface area (Å²) in [7, 11) is 0. The highest BCUT2D eigenvalue weighted by Gasteiger charge is 2.11. The third-order valence-electron chi connectivity index (χ3n) is 2.12. The Morgan fingerprint density at radius 3 is 2.67 bits per heavy atom. The SMILES string of the molecule is C#CCCC(NN)c1ccc(F)c(F)c1. The number of halogens is 2. The van der Waals surface area contributed by atoms with E-state index >= 15 is 0 Å². The van der Waals surface area contributed by atoms with E-state index in [4.69, 9.17) is 12.3 Å². The minimum absolute atomic E-state index is 0.254. The highest BCUT2D eigenvalue weighted by Crippen LogP contribution is 2.19. The zero-order valence-corrected chi connectivity index (χ0v) is 8.13. The average molecular weight is 210 g/mol. The van der Waals surface area contributed by atoms with Gasteiger partial charge in [0.2, 0.25) is 0 Å². The molecular weight excluding hydrogens is 198 g/mol. The third-order valence-corrected chi connectivity index (χ3v) is 2.12. The fourth-order valence-electron chi connectivity index (χ4n) is 1.30. The summed E-state index contributed by atoms with van der Waals surface area (Å²) in [5, 5.41) is 0. The zero-order chi connectivity index (χ0) is 11.3. The van der Waals surface area contributed by atoms with Crippen LogP contribution in [0.1, 0.15) is 24.4 Å². The molecule has 0 fully saturated rings. The van der Waals surface area contributed by atoms with Gasteiger partial charge in [-0.1, -0.05) is 6.07 Å². The van der Waals surface area contributed by atoms with Gasteiger partial charge in [-0.2, -0.15) is 0 Å². The molecule has 1 rings (SSSR count). The lowest BCUT2D eigenvalue weighted by molar-refractivity contribution is 0.490. The molecule has 0 saturated heterocycles. The molecule has 3 N–H and O–H groups in total. The highest BCUT2D eigenvalue weighted by atomic mass is 19.2. The van der Waals surface area contributed by atoms with Gasteiger partial charge in [-0.05, 0) is 24.1 Å². The number of rotatable bonds is 4. The van der Waals surface area contributed by atoms with Crippen LogP contribution in [-0.4, -0.2) is 0 Å². The second-order valence-electron chi connectivity index (χ2n) is 3.14. The fourth-order valence-corrected chi connectivity index (χ4v) is 1.30. The number of nitrogens with two attached hydrogens (primary N) is 1. The molecule has 4 heteroatoms. The second kappa shape index (κ2) is 5.44. The van der Waals surface area contributed by atoms with Crippen molar-refractivity contribution in [2.24, 2.45) is 5.84 Å². The molecular formula is C11H12F2N2. The zero-order valence-electron chi connectivity index (χ0n) is 8.13. The first-order valence-electron chi connectivity index (χ1n) is 4.53. The molecule has 0 spiro atoms. The fraction of sp³-hybridized carbons (Fsp3) is 0.273. The lowest BCUT2D eigenvalue weighted by Crippen LogP contribution is -2.28. The lowest BCUT2D eigenvalue weighted by atomic mass is 10.0. The number of benzene rings is 1. The van der Waals surface area contributed by atoms with Crippen molar-refractivity contribution >= 4 is 0 Å². The van der Waals surface area contributed by atoms with Gasteiger partial charge in [0.15, 0.2) is 11.6 Å². The summed E-state index contributed by atoms with van der Waals surface area (Å²) in [4.78, 5) is 0. The van der Waals surface area contributed by atoms with Crippen molar-refractivity contribution in [2.45, 2.75) is 18.9 Å². The Hall–Kier alpha value is -1.44. The number of hydrogen-bond donors (Lipinski definition) is 2. The maximum atomic E-state index is 12.9. The van der Waals surface area contributed by atoms with Crippen LogP contribution in [-0.2, 0) is 0 Å². The number of hydrogen-bond acceptors (Lipinski definition) is 2. The summed E-state index contributed by atoms with van der Waals surface area (Å²) in [5.41, 5.74) is 3.10. The summed E-state index contributed by atoms with van der Waals surface area (Å²) >= 11 is 0. The highest BCUT2D eigenvalue weighted by molar-refractivity contribution is 5.21. The first-order valence-corrected chi connectivity index (χ1v) is 4.53. The maximum Gasteiger partial charge on any atom is 0.159 e. The van der Waals surface area contributed by atoms with Crippen LogP contribution in [0.3, 0.4) is 0 Å². The predicted molar refractivity (Wildman–Crippen MR) is 54.5 cm³/mol. The van der Waals surface area contributed by atoms with Crippen LogP contribution < -0.4 is 11.3 Å². The van der Waals surface area contributed by atoms with E-state index in [1.54, 1.807) is 0 Å². The largest absolute Gasteiger partial charge is 0.271 e. The molecule has 0 aliphatic rings. The Balaban J connectivity index is 2.83. The quantitative estimate of drug-likeness (QED) is 0.452. The van der Waals surface area contributed by atoms with Crippen molar-refractivity contribution in [3.8, 4) is 12.3 Å². The Morgan fingerprint density at radius 2 is 2.13 bits per heavy atom. The van der Waals surface area contributed by atoms with E-state index in [9.17, 15) is 8.78 Å². The Bertz CT molecular complexity index is 371. The first-order chi connectivity index (χ1) is 7.19. The molecule has 0 heterocycles. The molecule has 0 amide bonds. The van der Waals surface area contributed by atoms with Crippen molar-refractivity contribution < 1.29 is 8.78 Å².